The quantitative estimate of drug-likeness (QED) is 0.525. The molecule has 0 aromatic carbocycles. The van der Waals surface area contributed by atoms with Crippen molar-refractivity contribution in [1.82, 2.24) is 0 Å². The predicted octanol–water partition coefficient (Wildman–Crippen LogP) is -3.12. The second-order valence-corrected chi connectivity index (χ2v) is 9.85. The van der Waals surface area contributed by atoms with Crippen LogP contribution in [0.4, 0.5) is 0 Å². The lowest BCUT2D eigenvalue weighted by atomic mass is 11.8. The zero-order valence-corrected chi connectivity index (χ0v) is 9.74. The molecule has 0 aromatic rings. The zero-order valence-electron chi connectivity index (χ0n) is 7.35. The Morgan fingerprint density at radius 3 is 1.77 bits per heavy atom. The lowest BCUT2D eigenvalue weighted by Crippen LogP contribution is -2.61. The molecule has 0 heterocycles. The minimum absolute atomic E-state index is 0.450. The SMILES string of the molecule is CS(C)(CS(C)(=O)=O)O[Cl+3]([O-])([O-])[O-]. The Bertz CT molecular complexity index is 265. The molecule has 0 fully saturated rings. The van der Waals surface area contributed by atoms with Gasteiger partial charge in [-0.05, 0) is 0 Å². The van der Waals surface area contributed by atoms with Crippen LogP contribution in [0.3, 0.4) is 0 Å². The van der Waals surface area contributed by atoms with Gasteiger partial charge in [-0.3, -0.25) is 0 Å². The number of hydrogen-bond donors (Lipinski definition) is 0. The first kappa shape index (κ1) is 13.4. The maximum atomic E-state index is 10.8. The highest BCUT2D eigenvalue weighted by molar-refractivity contribution is 8.34. The summed E-state index contributed by atoms with van der Waals surface area (Å²) in [6, 6.07) is 0. The van der Waals surface area contributed by atoms with Crippen molar-refractivity contribution < 1.29 is 36.4 Å². The Labute approximate surface area is 80.7 Å². The summed E-state index contributed by atoms with van der Waals surface area (Å²) in [6.07, 6.45) is 3.52. The fourth-order valence-electron chi connectivity index (χ4n) is 0.743. The van der Waals surface area contributed by atoms with Gasteiger partial charge in [0.05, 0.1) is 10.2 Å². The van der Waals surface area contributed by atoms with Crippen LogP contribution in [0.25, 0.3) is 0 Å². The average molecular weight is 255 g/mol. The van der Waals surface area contributed by atoms with Crippen molar-refractivity contribution in [1.29, 1.82) is 0 Å². The highest BCUT2D eigenvalue weighted by atomic mass is 35.7. The van der Waals surface area contributed by atoms with E-state index in [0.717, 1.165) is 6.26 Å². The van der Waals surface area contributed by atoms with Gasteiger partial charge in [-0.1, -0.05) is 0 Å². The molecule has 0 bridgehead atoms. The van der Waals surface area contributed by atoms with Gasteiger partial charge in [0.1, 0.15) is 8.82 Å². The molecule has 0 amide bonds. The van der Waals surface area contributed by atoms with Gasteiger partial charge in [-0.25, -0.2) is 8.42 Å². The molecule has 82 valence electrons. The van der Waals surface area contributed by atoms with Crippen molar-refractivity contribution in [3.05, 3.63) is 0 Å². The van der Waals surface area contributed by atoms with Gasteiger partial charge >= 0.3 is 0 Å². The Balaban J connectivity index is 4.43. The third-order valence-corrected chi connectivity index (χ3v) is 6.71. The van der Waals surface area contributed by atoms with E-state index >= 15 is 0 Å². The van der Waals surface area contributed by atoms with Gasteiger partial charge in [-0.15, -0.1) is 0 Å². The molecular weight excluding hydrogens is 244 g/mol. The van der Waals surface area contributed by atoms with E-state index in [0.29, 0.717) is 0 Å². The highest BCUT2D eigenvalue weighted by Crippen LogP contribution is 2.43. The molecule has 6 nitrogen and oxygen atoms in total. The van der Waals surface area contributed by atoms with Crippen LogP contribution < -0.4 is 14.0 Å². The monoisotopic (exact) mass is 254 g/mol. The molecule has 0 rings (SSSR count). The fraction of sp³-hybridized carbons (Fsp3) is 1.00. The van der Waals surface area contributed by atoms with E-state index in [2.05, 4.69) is 3.74 Å². The molecule has 0 unspecified atom stereocenters. The lowest BCUT2D eigenvalue weighted by Gasteiger charge is -2.25. The Morgan fingerprint density at radius 1 is 1.15 bits per heavy atom. The van der Waals surface area contributed by atoms with Gasteiger partial charge in [0.2, 0.25) is 0 Å². The van der Waals surface area contributed by atoms with E-state index < -0.39 is 35.5 Å². The first-order chi connectivity index (χ1) is 5.41. The van der Waals surface area contributed by atoms with E-state index in [1.54, 1.807) is 0 Å². The van der Waals surface area contributed by atoms with Crippen molar-refractivity contribution in [2.75, 3.05) is 23.9 Å². The maximum Gasteiger partial charge on any atom is 0.157 e. The average Bonchev–Trinajstić information content (AvgIpc) is 1.43. The first-order valence-electron chi connectivity index (χ1n) is 2.92. The second-order valence-electron chi connectivity index (χ2n) is 2.92. The van der Waals surface area contributed by atoms with Crippen molar-refractivity contribution in [3.8, 4) is 0 Å². The maximum absolute atomic E-state index is 10.8. The number of sulfone groups is 1. The summed E-state index contributed by atoms with van der Waals surface area (Å²) >= 11 is 0. The Kier molecular flexibility index (Phi) is 4.02. The van der Waals surface area contributed by atoms with Crippen LogP contribution in [-0.4, -0.2) is 32.3 Å². The van der Waals surface area contributed by atoms with E-state index in [1.807, 2.05) is 0 Å². The summed E-state index contributed by atoms with van der Waals surface area (Å²) in [4.78, 5) is 0. The second kappa shape index (κ2) is 3.89. The van der Waals surface area contributed by atoms with Crippen LogP contribution in [0.5, 0.6) is 0 Å². The van der Waals surface area contributed by atoms with E-state index in [9.17, 15) is 22.4 Å². The van der Waals surface area contributed by atoms with Gasteiger partial charge in [-0.2, -0.15) is 14.0 Å². The third kappa shape index (κ3) is 8.75. The third-order valence-electron chi connectivity index (χ3n) is 0.746. The zero-order chi connectivity index (χ0) is 10.9. The molecule has 0 aliphatic carbocycles. The largest absolute Gasteiger partial charge is 0.228 e. The van der Waals surface area contributed by atoms with E-state index in [-0.39, 0.29) is 0 Å². The van der Waals surface area contributed by atoms with Crippen LogP contribution in [0, 0.1) is 10.2 Å². The summed E-state index contributed by atoms with van der Waals surface area (Å²) < 4.78 is 56.1. The van der Waals surface area contributed by atoms with E-state index in [4.69, 9.17) is 0 Å². The van der Waals surface area contributed by atoms with Crippen molar-refractivity contribution >= 4 is 20.1 Å². The lowest BCUT2D eigenvalue weighted by molar-refractivity contribution is -1.91. The van der Waals surface area contributed by atoms with Crippen LogP contribution in [0.1, 0.15) is 0 Å². The Morgan fingerprint density at radius 2 is 1.54 bits per heavy atom. The van der Waals surface area contributed by atoms with Gasteiger partial charge < -0.3 is 0 Å². The van der Waals surface area contributed by atoms with Crippen molar-refractivity contribution in [2.45, 2.75) is 0 Å². The smallest absolute Gasteiger partial charge is 0.157 e. The molecule has 0 aliphatic heterocycles. The van der Waals surface area contributed by atoms with Crippen molar-refractivity contribution in [2.24, 2.45) is 0 Å². The molecular formula is C4H11ClO6S2. The summed E-state index contributed by atoms with van der Waals surface area (Å²) in [5, 5.41) is -0.450. The van der Waals surface area contributed by atoms with Crippen molar-refractivity contribution in [3.63, 3.8) is 0 Å². The molecule has 0 aromatic heterocycles. The molecule has 0 aliphatic rings. The summed E-state index contributed by atoms with van der Waals surface area (Å²) in [5.41, 5.74) is 0. The standard InChI is InChI=1S/C4H11ClO6S2/c1-12(2,4-13(3,9)10)11-5(6,7)8/h4H2,1-3H3. The minimum Gasteiger partial charge on any atom is -0.228 e. The molecule has 0 saturated heterocycles. The first-order valence-corrected chi connectivity index (χ1v) is 8.76. The van der Waals surface area contributed by atoms with Gasteiger partial charge in [0.15, 0.2) is 9.84 Å². The predicted molar refractivity (Wildman–Crippen MR) is 40.2 cm³/mol. The molecule has 0 saturated carbocycles. The summed E-state index contributed by atoms with van der Waals surface area (Å²) in [6.45, 7) is 0. The van der Waals surface area contributed by atoms with Crippen LogP contribution in [-0.2, 0) is 13.6 Å². The van der Waals surface area contributed by atoms with E-state index in [1.165, 1.54) is 12.5 Å². The normalized spacial score (nSPS) is 15.8. The number of halogens is 1. The molecule has 0 atom stereocenters. The van der Waals surface area contributed by atoms with Crippen LogP contribution in [0.2, 0.25) is 0 Å². The van der Waals surface area contributed by atoms with Crippen LogP contribution >= 0.6 is 10.3 Å². The van der Waals surface area contributed by atoms with Gasteiger partial charge in [0.25, 0.3) is 0 Å². The molecule has 9 heteroatoms. The number of rotatable bonds is 4. The molecule has 0 spiro atoms. The van der Waals surface area contributed by atoms with Crippen LogP contribution in [0.15, 0.2) is 0 Å². The topological polar surface area (TPSA) is 113 Å². The summed E-state index contributed by atoms with van der Waals surface area (Å²) in [7, 11) is -10.3. The molecule has 0 radical (unpaired) electrons. The molecule has 13 heavy (non-hydrogen) atoms. The highest BCUT2D eigenvalue weighted by Gasteiger charge is 2.35. The van der Waals surface area contributed by atoms with Gasteiger partial charge in [0, 0.05) is 29.1 Å². The number of hydrogen-bond acceptors (Lipinski definition) is 6. The molecule has 0 N–H and O–H groups in total. The summed E-state index contributed by atoms with van der Waals surface area (Å²) in [5.74, 6) is 0. The Hall–Kier alpha value is 0.430. The fourth-order valence-corrected chi connectivity index (χ4v) is 7.01. The minimum atomic E-state index is -4.56.